The van der Waals surface area contributed by atoms with Crippen molar-refractivity contribution in [3.05, 3.63) is 40.4 Å². The highest BCUT2D eigenvalue weighted by molar-refractivity contribution is 9.10. The predicted octanol–water partition coefficient (Wildman–Crippen LogP) is 4.48. The molecule has 1 aliphatic rings. The fourth-order valence-electron chi connectivity index (χ4n) is 3.24. The molecule has 3 rings (SSSR count). The number of halogens is 1. The number of rotatable bonds is 5. The van der Waals surface area contributed by atoms with Crippen LogP contribution in [0.2, 0.25) is 0 Å². The number of ketones is 2. The van der Waals surface area contributed by atoms with Gasteiger partial charge < -0.3 is 18.4 Å². The summed E-state index contributed by atoms with van der Waals surface area (Å²) in [7, 11) is -0.407. The molecular formula is C22H32BBrN2O4. The van der Waals surface area contributed by atoms with Gasteiger partial charge in [0.15, 0.2) is 11.6 Å². The smallest absolute Gasteiger partial charge is 0.399 e. The van der Waals surface area contributed by atoms with E-state index in [1.165, 1.54) is 0 Å². The summed E-state index contributed by atoms with van der Waals surface area (Å²) in [6, 6.07) is 3.71. The van der Waals surface area contributed by atoms with Crippen molar-refractivity contribution >= 4 is 40.1 Å². The first kappa shape index (κ1) is 24.6. The number of hydrogen-bond acceptors (Lipinski definition) is 4. The fraction of sp³-hybridized carbons (Fsp3) is 0.545. The Bertz CT molecular complexity index is 914. The molecule has 0 unspecified atom stereocenters. The summed E-state index contributed by atoms with van der Waals surface area (Å²) < 4.78 is 16.8. The molecule has 8 heteroatoms. The second-order valence-electron chi connectivity index (χ2n) is 8.47. The van der Waals surface area contributed by atoms with E-state index in [0.29, 0.717) is 5.69 Å². The van der Waals surface area contributed by atoms with E-state index in [4.69, 9.17) is 9.31 Å². The Balaban J connectivity index is 0.000000248. The SMILES string of the molecule is CCn1cc(B2OC(C)(C)C(C)(C)O2)cc1C(C)=O.CCn1cc(Br)cc1C(C)=O. The van der Waals surface area contributed by atoms with Crippen molar-refractivity contribution in [2.24, 2.45) is 0 Å². The minimum atomic E-state index is -0.407. The van der Waals surface area contributed by atoms with Gasteiger partial charge in [-0.25, -0.2) is 0 Å². The molecular weight excluding hydrogens is 447 g/mol. The molecule has 2 aromatic rings. The molecule has 30 heavy (non-hydrogen) atoms. The van der Waals surface area contributed by atoms with Crippen molar-refractivity contribution in [2.45, 2.75) is 79.7 Å². The van der Waals surface area contributed by atoms with Crippen LogP contribution in [0.15, 0.2) is 29.0 Å². The molecule has 0 aliphatic carbocycles. The number of aromatic nitrogens is 2. The molecule has 6 nitrogen and oxygen atoms in total. The van der Waals surface area contributed by atoms with E-state index < -0.39 is 7.12 Å². The molecule has 0 bridgehead atoms. The van der Waals surface area contributed by atoms with Crippen molar-refractivity contribution in [1.29, 1.82) is 0 Å². The molecule has 1 aliphatic heterocycles. The lowest BCUT2D eigenvalue weighted by atomic mass is 9.81. The Morgan fingerprint density at radius 1 is 0.900 bits per heavy atom. The Morgan fingerprint density at radius 2 is 1.33 bits per heavy atom. The van der Waals surface area contributed by atoms with Crippen LogP contribution in [-0.2, 0) is 22.4 Å². The summed E-state index contributed by atoms with van der Waals surface area (Å²) >= 11 is 3.32. The van der Waals surface area contributed by atoms with Crippen LogP contribution in [0.5, 0.6) is 0 Å². The first-order chi connectivity index (χ1) is 13.8. The summed E-state index contributed by atoms with van der Waals surface area (Å²) in [6.07, 6.45) is 3.86. The highest BCUT2D eigenvalue weighted by Crippen LogP contribution is 2.36. The Hall–Kier alpha value is -1.64. The van der Waals surface area contributed by atoms with Crippen molar-refractivity contribution in [1.82, 2.24) is 9.13 Å². The van der Waals surface area contributed by atoms with Crippen LogP contribution < -0.4 is 5.46 Å². The van der Waals surface area contributed by atoms with Crippen molar-refractivity contribution in [2.75, 3.05) is 0 Å². The first-order valence-corrected chi connectivity index (χ1v) is 11.1. The van der Waals surface area contributed by atoms with Gasteiger partial charge in [-0.3, -0.25) is 9.59 Å². The van der Waals surface area contributed by atoms with Crippen LogP contribution in [0.1, 0.15) is 76.4 Å². The van der Waals surface area contributed by atoms with E-state index in [1.807, 2.05) is 75.2 Å². The summed E-state index contributed by atoms with van der Waals surface area (Å²) in [5, 5.41) is 0. The minimum absolute atomic E-state index is 0.0598. The zero-order valence-corrected chi connectivity index (χ0v) is 20.8. The maximum absolute atomic E-state index is 11.6. The van der Waals surface area contributed by atoms with Crippen LogP contribution in [0.3, 0.4) is 0 Å². The van der Waals surface area contributed by atoms with E-state index in [-0.39, 0.29) is 22.8 Å². The molecule has 1 fully saturated rings. The summed E-state index contributed by atoms with van der Waals surface area (Å²) in [4.78, 5) is 22.6. The van der Waals surface area contributed by atoms with Crippen molar-refractivity contribution in [3.63, 3.8) is 0 Å². The number of nitrogens with zero attached hydrogens (tertiary/aromatic N) is 2. The van der Waals surface area contributed by atoms with Gasteiger partial charge in [-0.15, -0.1) is 0 Å². The molecule has 0 atom stereocenters. The van der Waals surface area contributed by atoms with Gasteiger partial charge in [0.2, 0.25) is 0 Å². The van der Waals surface area contributed by atoms with Gasteiger partial charge >= 0.3 is 7.12 Å². The molecule has 0 saturated carbocycles. The minimum Gasteiger partial charge on any atom is -0.399 e. The molecule has 1 saturated heterocycles. The van der Waals surface area contributed by atoms with Crippen LogP contribution in [0.25, 0.3) is 0 Å². The topological polar surface area (TPSA) is 62.5 Å². The number of carbonyl (C=O) groups is 2. The average Bonchev–Trinajstić information content (AvgIpc) is 3.29. The number of carbonyl (C=O) groups excluding carboxylic acids is 2. The molecule has 3 heterocycles. The van der Waals surface area contributed by atoms with E-state index in [2.05, 4.69) is 15.9 Å². The lowest BCUT2D eigenvalue weighted by molar-refractivity contribution is 0.00578. The second-order valence-corrected chi connectivity index (χ2v) is 9.39. The van der Waals surface area contributed by atoms with Gasteiger partial charge in [0.1, 0.15) is 0 Å². The Morgan fingerprint density at radius 3 is 1.70 bits per heavy atom. The third kappa shape index (κ3) is 5.15. The first-order valence-electron chi connectivity index (χ1n) is 10.3. The van der Waals surface area contributed by atoms with E-state index in [0.717, 1.165) is 28.7 Å². The maximum Gasteiger partial charge on any atom is 0.496 e. The number of hydrogen-bond donors (Lipinski definition) is 0. The molecule has 0 amide bonds. The van der Waals surface area contributed by atoms with Gasteiger partial charge in [-0.2, -0.15) is 0 Å². The normalized spacial score (nSPS) is 16.9. The summed E-state index contributed by atoms with van der Waals surface area (Å²) in [6.45, 7) is 16.9. The molecule has 0 spiro atoms. The van der Waals surface area contributed by atoms with Crippen LogP contribution in [-0.4, -0.2) is 39.0 Å². The highest BCUT2D eigenvalue weighted by atomic mass is 79.9. The Kier molecular flexibility index (Phi) is 7.59. The third-order valence-corrected chi connectivity index (χ3v) is 6.14. The van der Waals surface area contributed by atoms with E-state index >= 15 is 0 Å². The quantitative estimate of drug-likeness (QED) is 0.469. The van der Waals surface area contributed by atoms with Crippen molar-refractivity contribution < 1.29 is 18.9 Å². The number of aryl methyl sites for hydroxylation is 2. The zero-order valence-electron chi connectivity index (χ0n) is 19.2. The molecule has 0 N–H and O–H groups in total. The van der Waals surface area contributed by atoms with Crippen LogP contribution in [0.4, 0.5) is 0 Å². The summed E-state index contributed by atoms with van der Waals surface area (Å²) in [5.41, 5.74) is 1.65. The maximum atomic E-state index is 11.6. The lowest BCUT2D eigenvalue weighted by Gasteiger charge is -2.32. The highest BCUT2D eigenvalue weighted by Gasteiger charge is 2.52. The van der Waals surface area contributed by atoms with Gasteiger partial charge in [-0.05, 0) is 69.6 Å². The second kappa shape index (κ2) is 9.24. The molecule has 2 aromatic heterocycles. The van der Waals surface area contributed by atoms with Crippen LogP contribution in [0, 0.1) is 0 Å². The zero-order chi connectivity index (χ0) is 22.9. The molecule has 0 aromatic carbocycles. The van der Waals surface area contributed by atoms with Gasteiger partial charge in [0, 0.05) is 49.3 Å². The average molecular weight is 479 g/mol. The monoisotopic (exact) mass is 478 g/mol. The van der Waals surface area contributed by atoms with E-state index in [9.17, 15) is 9.59 Å². The fourth-order valence-corrected chi connectivity index (χ4v) is 3.70. The standard InChI is InChI=1S/C14H22BNO3.C8H10BrNO/c1-7-16-9-11(8-12(16)10(2)17)15-18-13(3,4)14(5,6)19-15;1-3-10-5-7(9)4-8(10)6(2)11/h8-9H,7H2,1-6H3;4-5H,3H2,1-2H3. The lowest BCUT2D eigenvalue weighted by Crippen LogP contribution is -2.41. The number of Topliss-reactive ketones (excluding diaryl/α,β-unsaturated/α-hetero) is 2. The molecule has 0 radical (unpaired) electrons. The predicted molar refractivity (Wildman–Crippen MR) is 124 cm³/mol. The van der Waals surface area contributed by atoms with Crippen LogP contribution >= 0.6 is 15.9 Å². The Labute approximate surface area is 188 Å². The van der Waals surface area contributed by atoms with Gasteiger partial charge in [0.25, 0.3) is 0 Å². The largest absolute Gasteiger partial charge is 0.496 e. The van der Waals surface area contributed by atoms with Gasteiger partial charge in [-0.1, -0.05) is 0 Å². The van der Waals surface area contributed by atoms with E-state index in [1.54, 1.807) is 13.8 Å². The van der Waals surface area contributed by atoms with Gasteiger partial charge in [0.05, 0.1) is 22.6 Å². The molecule has 164 valence electrons. The summed E-state index contributed by atoms with van der Waals surface area (Å²) in [5.74, 6) is 0.169. The van der Waals surface area contributed by atoms with Crippen molar-refractivity contribution in [3.8, 4) is 0 Å². The third-order valence-electron chi connectivity index (χ3n) is 5.71.